The smallest absolute Gasteiger partial charge is 0.240 e. The van der Waals surface area contributed by atoms with Gasteiger partial charge in [0.05, 0.1) is 11.5 Å². The summed E-state index contributed by atoms with van der Waals surface area (Å²) in [7, 11) is -3.39. The van der Waals surface area contributed by atoms with E-state index in [9.17, 15) is 8.42 Å². The van der Waals surface area contributed by atoms with Gasteiger partial charge in [-0.25, -0.2) is 13.1 Å². The summed E-state index contributed by atoms with van der Waals surface area (Å²) in [6.45, 7) is 6.61. The molecule has 21 heavy (non-hydrogen) atoms. The SMILES string of the molecule is CCNCCCOc1ccc(S(=O)(=O)NC2CC2C)cc1. The predicted octanol–water partition coefficient (Wildman–Crippen LogP) is 1.75. The number of hydrogen-bond donors (Lipinski definition) is 2. The highest BCUT2D eigenvalue weighted by Crippen LogP contribution is 2.30. The molecule has 118 valence electrons. The second kappa shape index (κ2) is 7.24. The van der Waals surface area contributed by atoms with Crippen LogP contribution in [0.1, 0.15) is 26.7 Å². The molecule has 0 bridgehead atoms. The van der Waals surface area contributed by atoms with Crippen molar-refractivity contribution >= 4 is 10.0 Å². The molecule has 5 nitrogen and oxygen atoms in total. The van der Waals surface area contributed by atoms with E-state index in [-0.39, 0.29) is 6.04 Å². The number of ether oxygens (including phenoxy) is 1. The number of nitrogens with one attached hydrogen (secondary N) is 2. The van der Waals surface area contributed by atoms with E-state index in [1.54, 1.807) is 24.3 Å². The minimum Gasteiger partial charge on any atom is -0.494 e. The second-order valence-electron chi connectivity index (χ2n) is 5.47. The van der Waals surface area contributed by atoms with Crippen LogP contribution < -0.4 is 14.8 Å². The molecule has 0 saturated heterocycles. The minimum absolute atomic E-state index is 0.0944. The summed E-state index contributed by atoms with van der Waals surface area (Å²) in [6.07, 6.45) is 1.85. The molecule has 1 aliphatic rings. The lowest BCUT2D eigenvalue weighted by Crippen LogP contribution is -2.26. The third-order valence-corrected chi connectivity index (χ3v) is 5.07. The fraction of sp³-hybridized carbons (Fsp3) is 0.600. The molecular formula is C15H24N2O3S. The normalized spacial score (nSPS) is 21.2. The maximum absolute atomic E-state index is 12.1. The molecule has 1 saturated carbocycles. The Morgan fingerprint density at radius 1 is 1.29 bits per heavy atom. The van der Waals surface area contributed by atoms with Gasteiger partial charge < -0.3 is 10.1 Å². The molecule has 1 aromatic carbocycles. The van der Waals surface area contributed by atoms with Crippen molar-refractivity contribution in [2.24, 2.45) is 5.92 Å². The molecule has 0 radical (unpaired) electrons. The summed E-state index contributed by atoms with van der Waals surface area (Å²) in [5.41, 5.74) is 0. The number of rotatable bonds is 9. The van der Waals surface area contributed by atoms with Gasteiger partial charge in [0.25, 0.3) is 0 Å². The molecule has 0 spiro atoms. The Hall–Kier alpha value is -1.11. The molecule has 2 rings (SSSR count). The van der Waals surface area contributed by atoms with Crippen LogP contribution in [0.15, 0.2) is 29.2 Å². The molecule has 1 aromatic rings. The van der Waals surface area contributed by atoms with Crippen LogP contribution in [0.2, 0.25) is 0 Å². The fourth-order valence-electron chi connectivity index (χ4n) is 2.03. The largest absolute Gasteiger partial charge is 0.494 e. The summed E-state index contributed by atoms with van der Waals surface area (Å²) in [5, 5.41) is 3.22. The van der Waals surface area contributed by atoms with Crippen LogP contribution in [0.25, 0.3) is 0 Å². The Morgan fingerprint density at radius 3 is 2.52 bits per heavy atom. The molecule has 0 aliphatic heterocycles. The molecule has 1 fully saturated rings. The maximum Gasteiger partial charge on any atom is 0.240 e. The molecule has 0 aromatic heterocycles. The van der Waals surface area contributed by atoms with Crippen molar-refractivity contribution in [3.05, 3.63) is 24.3 Å². The van der Waals surface area contributed by atoms with Gasteiger partial charge in [0, 0.05) is 6.04 Å². The summed E-state index contributed by atoms with van der Waals surface area (Å²) >= 11 is 0. The van der Waals surface area contributed by atoms with Gasteiger partial charge in [0.2, 0.25) is 10.0 Å². The zero-order valence-electron chi connectivity index (χ0n) is 12.6. The lowest BCUT2D eigenvalue weighted by atomic mass is 10.3. The first-order valence-electron chi connectivity index (χ1n) is 7.49. The van der Waals surface area contributed by atoms with Crippen molar-refractivity contribution in [2.45, 2.75) is 37.6 Å². The third kappa shape index (κ3) is 4.98. The summed E-state index contributed by atoms with van der Waals surface area (Å²) < 4.78 is 32.5. The van der Waals surface area contributed by atoms with E-state index in [2.05, 4.69) is 17.0 Å². The van der Waals surface area contributed by atoms with Gasteiger partial charge in [0.1, 0.15) is 5.75 Å². The lowest BCUT2D eigenvalue weighted by Gasteiger charge is -2.09. The van der Waals surface area contributed by atoms with E-state index >= 15 is 0 Å². The minimum atomic E-state index is -3.39. The Bertz CT molecular complexity index is 543. The highest BCUT2D eigenvalue weighted by Gasteiger charge is 2.36. The van der Waals surface area contributed by atoms with Crippen molar-refractivity contribution in [2.75, 3.05) is 19.7 Å². The Labute approximate surface area is 127 Å². The van der Waals surface area contributed by atoms with E-state index in [1.807, 2.05) is 6.92 Å². The van der Waals surface area contributed by atoms with Gasteiger partial charge in [-0.05, 0) is 56.1 Å². The van der Waals surface area contributed by atoms with Crippen LogP contribution >= 0.6 is 0 Å². The highest BCUT2D eigenvalue weighted by molar-refractivity contribution is 7.89. The summed E-state index contributed by atoms with van der Waals surface area (Å²) in [4.78, 5) is 0.293. The molecule has 2 atom stereocenters. The Kier molecular flexibility index (Phi) is 5.61. The van der Waals surface area contributed by atoms with Crippen molar-refractivity contribution in [3.8, 4) is 5.75 Å². The second-order valence-corrected chi connectivity index (χ2v) is 7.18. The van der Waals surface area contributed by atoms with Crippen molar-refractivity contribution in [1.82, 2.24) is 10.0 Å². The van der Waals surface area contributed by atoms with Crippen LogP contribution in [-0.2, 0) is 10.0 Å². The van der Waals surface area contributed by atoms with Gasteiger partial charge in [0.15, 0.2) is 0 Å². The standard InChI is InChI=1S/C15H24N2O3S/c1-3-16-9-4-10-20-13-5-7-14(8-6-13)21(18,19)17-15-11-12(15)2/h5-8,12,15-17H,3-4,9-11H2,1-2H3. The summed E-state index contributed by atoms with van der Waals surface area (Å²) in [5.74, 6) is 1.14. The topological polar surface area (TPSA) is 67.4 Å². The number of sulfonamides is 1. The van der Waals surface area contributed by atoms with Crippen LogP contribution in [0.4, 0.5) is 0 Å². The van der Waals surface area contributed by atoms with Crippen LogP contribution in [0.5, 0.6) is 5.75 Å². The average molecular weight is 312 g/mol. The molecule has 0 heterocycles. The lowest BCUT2D eigenvalue weighted by molar-refractivity contribution is 0.308. The van der Waals surface area contributed by atoms with Gasteiger partial charge in [-0.1, -0.05) is 13.8 Å². The molecule has 1 aliphatic carbocycles. The van der Waals surface area contributed by atoms with Crippen LogP contribution in [-0.4, -0.2) is 34.2 Å². The van der Waals surface area contributed by atoms with Gasteiger partial charge in [-0.3, -0.25) is 0 Å². The van der Waals surface area contributed by atoms with Crippen LogP contribution in [0, 0.1) is 5.92 Å². The van der Waals surface area contributed by atoms with E-state index < -0.39 is 10.0 Å². The summed E-state index contributed by atoms with van der Waals surface area (Å²) in [6, 6.07) is 6.69. The van der Waals surface area contributed by atoms with Gasteiger partial charge in [-0.2, -0.15) is 0 Å². The first-order valence-corrected chi connectivity index (χ1v) is 8.97. The van der Waals surface area contributed by atoms with Crippen molar-refractivity contribution in [1.29, 1.82) is 0 Å². The van der Waals surface area contributed by atoms with Crippen molar-refractivity contribution < 1.29 is 13.2 Å². The molecule has 0 amide bonds. The molecule has 2 N–H and O–H groups in total. The Balaban J connectivity index is 1.83. The number of hydrogen-bond acceptors (Lipinski definition) is 4. The highest BCUT2D eigenvalue weighted by atomic mass is 32.2. The van der Waals surface area contributed by atoms with E-state index in [0.29, 0.717) is 23.2 Å². The van der Waals surface area contributed by atoms with Gasteiger partial charge >= 0.3 is 0 Å². The first-order chi connectivity index (χ1) is 10.0. The molecular weight excluding hydrogens is 288 g/mol. The quantitative estimate of drug-likeness (QED) is 0.682. The maximum atomic E-state index is 12.1. The van der Waals surface area contributed by atoms with E-state index in [1.165, 1.54) is 0 Å². The first kappa shape index (κ1) is 16.3. The Morgan fingerprint density at radius 2 is 1.95 bits per heavy atom. The zero-order valence-corrected chi connectivity index (χ0v) is 13.4. The third-order valence-electron chi connectivity index (χ3n) is 3.57. The van der Waals surface area contributed by atoms with E-state index in [4.69, 9.17) is 4.74 Å². The average Bonchev–Trinajstić information content (AvgIpc) is 3.13. The monoisotopic (exact) mass is 312 g/mol. The predicted molar refractivity (Wildman–Crippen MR) is 83.0 cm³/mol. The van der Waals surface area contributed by atoms with Crippen LogP contribution in [0.3, 0.4) is 0 Å². The fourth-order valence-corrected chi connectivity index (χ4v) is 3.39. The van der Waals surface area contributed by atoms with Crippen molar-refractivity contribution in [3.63, 3.8) is 0 Å². The number of benzene rings is 1. The van der Waals surface area contributed by atoms with Gasteiger partial charge in [-0.15, -0.1) is 0 Å². The zero-order chi connectivity index (χ0) is 15.3. The molecule has 6 heteroatoms. The van der Waals surface area contributed by atoms with E-state index in [0.717, 1.165) is 25.9 Å². The molecule has 2 unspecified atom stereocenters.